The summed E-state index contributed by atoms with van der Waals surface area (Å²) in [7, 11) is 7.72. The molecule has 1 fully saturated rings. The van der Waals surface area contributed by atoms with E-state index in [0.29, 0.717) is 49.0 Å². The molecule has 0 aromatic heterocycles. The van der Waals surface area contributed by atoms with Gasteiger partial charge in [-0.25, -0.2) is 4.79 Å². The lowest BCUT2D eigenvalue weighted by Crippen LogP contribution is -2.60. The maximum absolute atomic E-state index is 14.7. The van der Waals surface area contributed by atoms with Gasteiger partial charge in [-0.15, -0.1) is 0 Å². The Morgan fingerprint density at radius 3 is 1.91 bits per heavy atom. The van der Waals surface area contributed by atoms with Gasteiger partial charge >= 0.3 is 12.1 Å². The highest BCUT2D eigenvalue weighted by Gasteiger charge is 2.44. The minimum Gasteiger partial charge on any atom is -0.481 e. The lowest BCUT2D eigenvalue weighted by molar-refractivity contribution is -0.148. The molecule has 0 aliphatic carbocycles. The minimum absolute atomic E-state index is 0.0867. The Kier molecular flexibility index (Phi) is 29.9. The Morgan fingerprint density at radius 2 is 1.36 bits per heavy atom. The summed E-state index contributed by atoms with van der Waals surface area (Å²) in [6.07, 6.45) is -1.50. The van der Waals surface area contributed by atoms with Gasteiger partial charge in [0, 0.05) is 47.0 Å². The second-order valence-corrected chi connectivity index (χ2v) is 23.7. The number of hydrogen-bond acceptors (Lipinski definition) is 14. The molecule has 13 atom stereocenters. The number of likely N-dealkylation sites (tertiary alicyclic amines) is 1. The number of aliphatic carboxylic acids is 1. The van der Waals surface area contributed by atoms with Crippen LogP contribution in [0.15, 0.2) is 54.6 Å². The largest absolute Gasteiger partial charge is 0.481 e. The number of carboxylic acids is 1. The van der Waals surface area contributed by atoms with E-state index in [4.69, 9.17) is 14.2 Å². The number of aliphatic hydroxyl groups excluding tert-OH is 1. The molecular formula is C62H99N9O14. The smallest absolute Gasteiger partial charge is 0.410 e. The molecule has 1 heterocycles. The summed E-state index contributed by atoms with van der Waals surface area (Å²) in [4.78, 5) is 126. The van der Waals surface area contributed by atoms with Crippen LogP contribution < -0.4 is 31.9 Å². The molecule has 23 nitrogen and oxygen atoms in total. The van der Waals surface area contributed by atoms with Gasteiger partial charge in [0.2, 0.25) is 41.4 Å². The fourth-order valence-corrected chi connectivity index (χ4v) is 10.9. The average molecular weight is 1190 g/mol. The molecule has 23 heteroatoms. The zero-order chi connectivity index (χ0) is 64.0. The predicted octanol–water partition coefficient (Wildman–Crippen LogP) is 5.01. The van der Waals surface area contributed by atoms with Crippen molar-refractivity contribution in [3.63, 3.8) is 0 Å². The van der Waals surface area contributed by atoms with Crippen LogP contribution in [0.25, 0.3) is 0 Å². The van der Waals surface area contributed by atoms with Crippen LogP contribution >= 0.6 is 0 Å². The lowest BCUT2D eigenvalue weighted by atomic mass is 9.89. The Labute approximate surface area is 503 Å². The van der Waals surface area contributed by atoms with Crippen LogP contribution in [-0.4, -0.2) is 181 Å². The maximum atomic E-state index is 14.7. The van der Waals surface area contributed by atoms with Gasteiger partial charge in [-0.2, -0.15) is 0 Å². The number of rotatable bonds is 34. The van der Waals surface area contributed by atoms with Crippen molar-refractivity contribution >= 4 is 59.1 Å². The number of anilines is 1. The lowest BCUT2D eigenvalue weighted by Gasteiger charge is -2.41. The number of hydrogen-bond donors (Lipinski definition) is 8. The number of carbonyl (C=O) groups excluding carboxylic acids is 8. The zero-order valence-corrected chi connectivity index (χ0v) is 52.9. The van der Waals surface area contributed by atoms with Crippen molar-refractivity contribution in [3.8, 4) is 0 Å². The van der Waals surface area contributed by atoms with Crippen LogP contribution in [0.2, 0.25) is 0 Å². The Morgan fingerprint density at radius 1 is 0.729 bits per heavy atom. The van der Waals surface area contributed by atoms with E-state index in [0.717, 1.165) is 0 Å². The van der Waals surface area contributed by atoms with Gasteiger partial charge in [0.15, 0.2) is 0 Å². The molecule has 0 spiro atoms. The molecule has 0 bridgehead atoms. The van der Waals surface area contributed by atoms with Crippen molar-refractivity contribution in [1.82, 2.24) is 41.3 Å². The number of nitrogens with zero attached hydrogens (tertiary/aromatic N) is 3. The number of methoxy groups -OCH3 is 2. The van der Waals surface area contributed by atoms with E-state index in [2.05, 4.69) is 31.9 Å². The fraction of sp³-hybridized carbons (Fsp3) is 0.661. The minimum atomic E-state index is -1.26. The van der Waals surface area contributed by atoms with Crippen LogP contribution in [-0.2, 0) is 59.2 Å². The summed E-state index contributed by atoms with van der Waals surface area (Å²) < 4.78 is 17.7. The summed E-state index contributed by atoms with van der Waals surface area (Å²) in [5.74, 6) is -6.00. The van der Waals surface area contributed by atoms with Crippen molar-refractivity contribution in [2.45, 2.75) is 194 Å². The second-order valence-electron chi connectivity index (χ2n) is 23.7. The summed E-state index contributed by atoms with van der Waals surface area (Å²) in [5, 5.41) is 37.0. The molecule has 0 radical (unpaired) electrons. The van der Waals surface area contributed by atoms with E-state index in [-0.39, 0.29) is 43.1 Å². The van der Waals surface area contributed by atoms with Crippen molar-refractivity contribution in [2.24, 2.45) is 29.6 Å². The molecule has 2 aromatic carbocycles. The number of nitrogens with one attached hydrogen (secondary N) is 6. The number of benzene rings is 2. The van der Waals surface area contributed by atoms with E-state index >= 15 is 0 Å². The Hall–Kier alpha value is -6.69. The van der Waals surface area contributed by atoms with Gasteiger partial charge < -0.3 is 66.1 Å². The maximum Gasteiger partial charge on any atom is 0.410 e. The third-order valence-corrected chi connectivity index (χ3v) is 16.1. The molecular weight excluding hydrogens is 1090 g/mol. The summed E-state index contributed by atoms with van der Waals surface area (Å²) in [6, 6.07) is 8.69. The zero-order valence-electron chi connectivity index (χ0n) is 52.9. The van der Waals surface area contributed by atoms with E-state index in [1.165, 1.54) is 45.2 Å². The molecule has 476 valence electrons. The second kappa shape index (κ2) is 35.1. The van der Waals surface area contributed by atoms with E-state index in [1.54, 1.807) is 89.7 Å². The molecule has 1 aliphatic heterocycles. The highest BCUT2D eigenvalue weighted by atomic mass is 16.6. The van der Waals surface area contributed by atoms with E-state index in [1.807, 2.05) is 45.9 Å². The predicted molar refractivity (Wildman–Crippen MR) is 322 cm³/mol. The van der Waals surface area contributed by atoms with Gasteiger partial charge in [0.1, 0.15) is 30.8 Å². The number of amides is 8. The highest BCUT2D eigenvalue weighted by Crippen LogP contribution is 2.30. The van der Waals surface area contributed by atoms with Gasteiger partial charge in [0.25, 0.3) is 0 Å². The molecule has 8 amide bonds. The average Bonchev–Trinajstić information content (AvgIpc) is 4.22. The first kappa shape index (κ1) is 72.6. The molecule has 1 aliphatic rings. The summed E-state index contributed by atoms with van der Waals surface area (Å²) in [5.41, 5.74) is 1.48. The third kappa shape index (κ3) is 21.3. The number of ether oxygens (including phenoxy) is 3. The van der Waals surface area contributed by atoms with Crippen LogP contribution in [0.3, 0.4) is 0 Å². The number of aliphatic hydroxyl groups is 1. The Balaban J connectivity index is 1.69. The molecule has 85 heavy (non-hydrogen) atoms. The SMILES string of the molecule is CC[C@H](C)[C@@H]([C@@H](CC(=O)N1CCC[C@H]1[C@H](OC)[C@@H](C)C(=O)N[C@H](C)[C@@H](O)c1ccccc1)OC)N(C)C(=O)[C@@H](NC(=O)[C@H](C(C)C)N(C)C(=O)OCc1ccc(NC(=O)[C@H](CCC(=O)O)NC(=O)[C@H](C)NC(=O)[C@@H](CC(C)C)NC)cc1)C(C)C. The normalized spacial score (nSPS) is 17.6. The standard InChI is InChI=1S/C62H99N9O14/c1-17-38(8)53(48(83-15)33-49(72)71-31-21-24-47(71)55(84-16)39(9)56(76)64-40(10)54(75)43-22-19-18-20-23-43)69(13)61(81)51(36(4)5)68-60(80)52(37(6)7)70(14)62(82)85-34-42-25-27-44(28-26-42)66-58(78)45(29-30-50(73)74)67-57(77)41(11)65-59(79)46(63-12)32-35(2)3/h18-20,22-23,25-28,35-41,45-48,51-55,63,75H,17,21,24,29-34H2,1-16H3,(H,64,76)(H,65,79)(H,66,78)(H,67,77)(H,68,80)(H,73,74)/t38-,39+,40+,41-,45-,46+,47-,48+,51-,52-,53-,54+,55+/m0/s1. The van der Waals surface area contributed by atoms with Crippen molar-refractivity contribution in [2.75, 3.05) is 47.2 Å². The van der Waals surface area contributed by atoms with Crippen molar-refractivity contribution < 1.29 is 67.6 Å². The van der Waals surface area contributed by atoms with Crippen molar-refractivity contribution in [1.29, 1.82) is 0 Å². The van der Waals surface area contributed by atoms with Crippen molar-refractivity contribution in [3.05, 3.63) is 65.7 Å². The van der Waals surface area contributed by atoms with Gasteiger partial charge in [-0.05, 0) is 93.5 Å². The number of likely N-dealkylation sites (N-methyl/N-ethyl adjacent to an activating group) is 3. The first-order valence-electron chi connectivity index (χ1n) is 29.8. The molecule has 8 N–H and O–H groups in total. The van der Waals surface area contributed by atoms with Gasteiger partial charge in [-0.3, -0.25) is 43.3 Å². The number of carboxylic acid groups (broad SMARTS) is 1. The third-order valence-electron chi connectivity index (χ3n) is 16.1. The molecule has 2 aromatic rings. The Bertz CT molecular complexity index is 2500. The van der Waals surface area contributed by atoms with Gasteiger partial charge in [0.05, 0.1) is 54.8 Å². The highest BCUT2D eigenvalue weighted by molar-refractivity contribution is 5.99. The summed E-state index contributed by atoms with van der Waals surface area (Å²) >= 11 is 0. The summed E-state index contributed by atoms with van der Waals surface area (Å²) in [6.45, 7) is 20.1. The van der Waals surface area contributed by atoms with Gasteiger partial charge in [-0.1, -0.05) is 111 Å². The first-order chi connectivity index (χ1) is 40.0. The van der Waals surface area contributed by atoms with Crippen LogP contribution in [0.4, 0.5) is 10.5 Å². The van der Waals surface area contributed by atoms with E-state index < -0.39 is 132 Å². The topological polar surface area (TPSA) is 304 Å². The monoisotopic (exact) mass is 1190 g/mol. The molecule has 0 saturated carbocycles. The van der Waals surface area contributed by atoms with E-state index in [9.17, 15) is 53.4 Å². The molecule has 0 unspecified atom stereocenters. The van der Waals surface area contributed by atoms with Crippen LogP contribution in [0.5, 0.6) is 0 Å². The quantitative estimate of drug-likeness (QED) is 0.0457. The molecule has 1 saturated heterocycles. The fourth-order valence-electron chi connectivity index (χ4n) is 10.9. The first-order valence-corrected chi connectivity index (χ1v) is 29.8. The van der Waals surface area contributed by atoms with Crippen LogP contribution in [0.1, 0.15) is 138 Å². The van der Waals surface area contributed by atoms with Crippen LogP contribution in [0, 0.1) is 29.6 Å². The number of carbonyl (C=O) groups is 9. The molecule has 3 rings (SSSR count).